The van der Waals surface area contributed by atoms with Crippen molar-refractivity contribution in [2.24, 2.45) is 5.73 Å². The van der Waals surface area contributed by atoms with Crippen molar-refractivity contribution < 1.29 is 4.79 Å². The first-order chi connectivity index (χ1) is 18.9. The molecule has 0 spiro atoms. The molecule has 1 aliphatic heterocycles. The second kappa shape index (κ2) is 10.5. The highest BCUT2D eigenvalue weighted by Crippen LogP contribution is 2.31. The lowest BCUT2D eigenvalue weighted by atomic mass is 10.0. The average Bonchev–Trinajstić information content (AvgIpc) is 3.27. The number of carbonyl (C=O) groups is 1. The number of piperazine rings is 1. The molecule has 0 aromatic carbocycles. The summed E-state index contributed by atoms with van der Waals surface area (Å²) in [6, 6.07) is 7.70. The van der Waals surface area contributed by atoms with Crippen LogP contribution in [0.15, 0.2) is 35.3 Å². The molecule has 10 heteroatoms. The number of aromatic nitrogens is 5. The fraction of sp³-hybridized carbons (Fsp3) is 0.433. The predicted molar refractivity (Wildman–Crippen MR) is 158 cm³/mol. The Morgan fingerprint density at radius 3 is 2.40 bits per heavy atom. The number of H-pyrrole nitrogens is 1. The third-order valence-corrected chi connectivity index (χ3v) is 7.59. The highest BCUT2D eigenvalue weighted by molar-refractivity contribution is 6.07. The number of hydrogen-bond donors (Lipinski definition) is 2. The number of pyridine rings is 3. The normalized spacial score (nSPS) is 14.7. The number of nitrogens with one attached hydrogen (secondary N) is 1. The fourth-order valence-electron chi connectivity index (χ4n) is 5.37. The van der Waals surface area contributed by atoms with Crippen LogP contribution in [-0.2, 0) is 18.4 Å². The quantitative estimate of drug-likeness (QED) is 0.383. The molecule has 5 heterocycles. The number of hydrogen-bond acceptors (Lipinski definition) is 7. The Hall–Kier alpha value is -4.05. The van der Waals surface area contributed by atoms with Gasteiger partial charge in [0.1, 0.15) is 5.82 Å². The topological polar surface area (TPSA) is 126 Å². The van der Waals surface area contributed by atoms with Gasteiger partial charge in [0.25, 0.3) is 5.56 Å². The van der Waals surface area contributed by atoms with E-state index in [0.717, 1.165) is 48.8 Å². The zero-order chi connectivity index (χ0) is 28.8. The first-order valence-corrected chi connectivity index (χ1v) is 13.7. The van der Waals surface area contributed by atoms with Crippen LogP contribution < -0.4 is 16.2 Å². The van der Waals surface area contributed by atoms with E-state index in [1.165, 1.54) is 0 Å². The minimum absolute atomic E-state index is 0.0971. The lowest BCUT2D eigenvalue weighted by molar-refractivity contribution is 0.100. The van der Waals surface area contributed by atoms with E-state index < -0.39 is 11.4 Å². The minimum Gasteiger partial charge on any atom is -0.366 e. The van der Waals surface area contributed by atoms with Crippen molar-refractivity contribution in [1.29, 1.82) is 0 Å². The van der Waals surface area contributed by atoms with Crippen LogP contribution in [0.3, 0.4) is 0 Å². The number of primary amides is 1. The zero-order valence-corrected chi connectivity index (χ0v) is 24.2. The molecule has 1 fully saturated rings. The first-order valence-electron chi connectivity index (χ1n) is 13.7. The second-order valence-electron chi connectivity index (χ2n) is 11.8. The molecule has 0 radical (unpaired) electrons. The minimum atomic E-state index is -0.547. The molecule has 10 nitrogen and oxygen atoms in total. The number of anilines is 1. The van der Waals surface area contributed by atoms with Crippen molar-refractivity contribution in [3.8, 4) is 11.3 Å². The molecule has 0 atom stereocenters. The van der Waals surface area contributed by atoms with Crippen molar-refractivity contribution in [1.82, 2.24) is 29.6 Å². The number of fused-ring (bicyclic) bond motifs is 1. The summed E-state index contributed by atoms with van der Waals surface area (Å²) in [5.74, 6) is 0.381. The van der Waals surface area contributed by atoms with Crippen LogP contribution in [0, 0.1) is 13.8 Å². The fourth-order valence-corrected chi connectivity index (χ4v) is 5.37. The molecule has 40 heavy (non-hydrogen) atoms. The molecule has 5 rings (SSSR count). The number of rotatable bonds is 6. The first kappa shape index (κ1) is 27.5. The number of amides is 1. The summed E-state index contributed by atoms with van der Waals surface area (Å²) in [6.45, 7) is 13.8. The zero-order valence-electron chi connectivity index (χ0n) is 24.2. The molecule has 3 N–H and O–H groups in total. The van der Waals surface area contributed by atoms with Crippen LogP contribution in [0.25, 0.3) is 22.3 Å². The Morgan fingerprint density at radius 2 is 1.80 bits per heavy atom. The average molecular weight is 543 g/mol. The third-order valence-electron chi connectivity index (χ3n) is 7.59. The van der Waals surface area contributed by atoms with Crippen molar-refractivity contribution in [3.63, 3.8) is 0 Å². The molecule has 4 aromatic heterocycles. The molecule has 0 bridgehead atoms. The SMILES string of the molecule is Cc1cc(C)c(CCc2nn(C(C)(C)C)c3nc(-c4ccc(N5CCN(C)CC5)nc4)cc(C(N)=O)c23)c(=O)[nH]1. The molecular weight excluding hydrogens is 504 g/mol. The maximum Gasteiger partial charge on any atom is 0.251 e. The Morgan fingerprint density at radius 1 is 1.07 bits per heavy atom. The number of nitrogens with two attached hydrogens (primary N) is 1. The van der Waals surface area contributed by atoms with Gasteiger partial charge in [0.2, 0.25) is 5.91 Å². The predicted octanol–water partition coefficient (Wildman–Crippen LogP) is 3.19. The summed E-state index contributed by atoms with van der Waals surface area (Å²) in [7, 11) is 2.13. The highest BCUT2D eigenvalue weighted by Gasteiger charge is 2.26. The summed E-state index contributed by atoms with van der Waals surface area (Å²) >= 11 is 0. The van der Waals surface area contributed by atoms with Gasteiger partial charge >= 0.3 is 0 Å². The number of likely N-dealkylation sites (N-methyl/N-ethyl adjacent to an activating group) is 1. The van der Waals surface area contributed by atoms with E-state index in [4.69, 9.17) is 20.8 Å². The van der Waals surface area contributed by atoms with Gasteiger partial charge in [-0.1, -0.05) is 0 Å². The van der Waals surface area contributed by atoms with Gasteiger partial charge in [-0.3, -0.25) is 9.59 Å². The van der Waals surface area contributed by atoms with E-state index in [9.17, 15) is 9.59 Å². The van der Waals surface area contributed by atoms with E-state index in [2.05, 4.69) is 21.8 Å². The summed E-state index contributed by atoms with van der Waals surface area (Å²) in [5, 5.41) is 5.55. The number of aryl methyl sites for hydroxylation is 3. The van der Waals surface area contributed by atoms with Crippen LogP contribution >= 0.6 is 0 Å². The summed E-state index contributed by atoms with van der Waals surface area (Å²) in [4.78, 5) is 42.6. The second-order valence-corrected chi connectivity index (χ2v) is 11.8. The Labute approximate surface area is 234 Å². The van der Waals surface area contributed by atoms with E-state index in [1.807, 2.05) is 57.5 Å². The van der Waals surface area contributed by atoms with Gasteiger partial charge in [-0.2, -0.15) is 5.10 Å². The lowest BCUT2D eigenvalue weighted by Gasteiger charge is -2.33. The molecule has 1 saturated heterocycles. The van der Waals surface area contributed by atoms with Gasteiger partial charge in [0.05, 0.1) is 27.9 Å². The van der Waals surface area contributed by atoms with E-state index in [1.54, 1.807) is 12.3 Å². The summed E-state index contributed by atoms with van der Waals surface area (Å²) in [6.07, 6.45) is 2.75. The molecule has 210 valence electrons. The van der Waals surface area contributed by atoms with Crippen molar-refractivity contribution in [3.05, 3.63) is 68.9 Å². The Balaban J connectivity index is 1.56. The molecule has 0 aliphatic carbocycles. The van der Waals surface area contributed by atoms with Gasteiger partial charge in [-0.05, 0) is 84.3 Å². The molecule has 0 unspecified atom stereocenters. The summed E-state index contributed by atoms with van der Waals surface area (Å²) in [5.41, 5.74) is 11.0. The monoisotopic (exact) mass is 542 g/mol. The summed E-state index contributed by atoms with van der Waals surface area (Å²) < 4.78 is 1.85. The maximum absolute atomic E-state index is 12.8. The van der Waals surface area contributed by atoms with Crippen molar-refractivity contribution in [2.75, 3.05) is 38.1 Å². The highest BCUT2D eigenvalue weighted by atomic mass is 16.1. The van der Waals surface area contributed by atoms with Crippen LogP contribution in [-0.4, -0.2) is 68.8 Å². The van der Waals surface area contributed by atoms with Gasteiger partial charge in [-0.25, -0.2) is 14.6 Å². The van der Waals surface area contributed by atoms with Crippen LogP contribution in [0.5, 0.6) is 0 Å². The number of aromatic amines is 1. The van der Waals surface area contributed by atoms with Crippen molar-refractivity contribution >= 4 is 22.8 Å². The Kier molecular flexibility index (Phi) is 7.22. The molecular formula is C30H38N8O2. The van der Waals surface area contributed by atoms with Crippen LogP contribution in [0.4, 0.5) is 5.82 Å². The van der Waals surface area contributed by atoms with Gasteiger partial charge < -0.3 is 20.5 Å². The van der Waals surface area contributed by atoms with E-state index >= 15 is 0 Å². The lowest BCUT2D eigenvalue weighted by Crippen LogP contribution is -2.44. The molecule has 1 amide bonds. The number of nitrogens with zero attached hydrogens (tertiary/aromatic N) is 6. The molecule has 0 saturated carbocycles. The third kappa shape index (κ3) is 5.36. The van der Waals surface area contributed by atoms with Gasteiger partial charge in [0.15, 0.2) is 5.65 Å². The van der Waals surface area contributed by atoms with E-state index in [0.29, 0.717) is 46.4 Å². The van der Waals surface area contributed by atoms with Gasteiger partial charge in [-0.15, -0.1) is 0 Å². The van der Waals surface area contributed by atoms with Crippen molar-refractivity contribution in [2.45, 2.75) is 53.0 Å². The maximum atomic E-state index is 12.8. The largest absolute Gasteiger partial charge is 0.366 e. The smallest absolute Gasteiger partial charge is 0.251 e. The standard InChI is InChI=1S/C30H38N8O2/c1-18-15-19(2)33-29(40)21(18)8-9-23-26-22(27(31)39)16-24(34-28(26)38(35-23)30(3,4)5)20-7-10-25(32-17-20)37-13-11-36(6)12-14-37/h7,10,15-17H,8-9,11-14H2,1-6H3,(H2,31,39)(H,33,40). The van der Waals surface area contributed by atoms with Gasteiger partial charge in [0, 0.05) is 49.2 Å². The molecule has 1 aliphatic rings. The number of carbonyl (C=O) groups excluding carboxylic acids is 1. The van der Waals surface area contributed by atoms with Crippen LogP contribution in [0.2, 0.25) is 0 Å². The Bertz CT molecular complexity index is 1620. The molecule has 4 aromatic rings. The van der Waals surface area contributed by atoms with Crippen LogP contribution in [0.1, 0.15) is 53.6 Å². The van der Waals surface area contributed by atoms with E-state index in [-0.39, 0.29) is 5.56 Å².